The number of nitrogens with one attached hydrogen (secondary N) is 1. The van der Waals surface area contributed by atoms with Crippen LogP contribution in [0.5, 0.6) is 0 Å². The summed E-state index contributed by atoms with van der Waals surface area (Å²) in [6.07, 6.45) is -0.0871. The summed E-state index contributed by atoms with van der Waals surface area (Å²) in [5.41, 5.74) is 1.34. The maximum atomic E-state index is 13.9. The number of hydrogen-bond acceptors (Lipinski definition) is 4. The summed E-state index contributed by atoms with van der Waals surface area (Å²) in [5.74, 6) is 5.62. The third-order valence-corrected chi connectivity index (χ3v) is 6.72. The zero-order valence-corrected chi connectivity index (χ0v) is 19.4. The second-order valence-corrected chi connectivity index (χ2v) is 8.94. The molecule has 33 heavy (non-hydrogen) atoms. The Balaban J connectivity index is 1.69. The number of nitrogens with zero attached hydrogens (tertiary/aromatic N) is 4. The number of rotatable bonds is 3. The Morgan fingerprint density at radius 2 is 1.88 bits per heavy atom. The highest BCUT2D eigenvalue weighted by atomic mass is 35.5. The summed E-state index contributed by atoms with van der Waals surface area (Å²) in [6, 6.07) is 12.4. The van der Waals surface area contributed by atoms with E-state index in [2.05, 4.69) is 27.5 Å². The first-order valence-electron chi connectivity index (χ1n) is 10.4. The van der Waals surface area contributed by atoms with Crippen LogP contribution in [0.4, 0.5) is 11.5 Å². The Kier molecular flexibility index (Phi) is 5.15. The lowest BCUT2D eigenvalue weighted by Gasteiger charge is -2.31. The Labute approximate surface area is 200 Å². The predicted octanol–water partition coefficient (Wildman–Crippen LogP) is 4.19. The van der Waals surface area contributed by atoms with Crippen LogP contribution in [-0.2, 0) is 15.0 Å². The fourth-order valence-electron chi connectivity index (χ4n) is 4.61. The van der Waals surface area contributed by atoms with Crippen LogP contribution in [0, 0.1) is 11.8 Å². The molecule has 0 aliphatic carbocycles. The van der Waals surface area contributed by atoms with Crippen molar-refractivity contribution in [1.29, 1.82) is 0 Å². The number of carbonyl (C=O) groups excluding carboxylic acids is 2. The molecule has 1 aromatic heterocycles. The van der Waals surface area contributed by atoms with Crippen LogP contribution >= 0.6 is 23.2 Å². The van der Waals surface area contributed by atoms with E-state index >= 15 is 0 Å². The summed E-state index contributed by atoms with van der Waals surface area (Å²) >= 11 is 12.4. The van der Waals surface area contributed by atoms with Crippen molar-refractivity contribution in [3.63, 3.8) is 0 Å². The molecule has 1 unspecified atom stereocenters. The second kappa shape index (κ2) is 7.91. The molecular formula is C24H19Cl2N5O2. The molecule has 0 bridgehead atoms. The minimum atomic E-state index is -1.31. The molecule has 2 aromatic carbocycles. The van der Waals surface area contributed by atoms with Gasteiger partial charge in [0, 0.05) is 15.7 Å². The standard InChI is InChI=1S/C24H19Cl2N5O2/c1-3-4-11-30-19-10-9-17(26)12-18(19)24(23(30)33)13-20(32)27-22-21(24)28-29-31(22)14(2)15-5-7-16(25)8-6-15/h5-10,12,14H,11,13H2,1-2H3,(H,27,32)/t14?,24-/m1/s1. The summed E-state index contributed by atoms with van der Waals surface area (Å²) in [7, 11) is 0. The van der Waals surface area contributed by atoms with Gasteiger partial charge in [-0.05, 0) is 55.3 Å². The van der Waals surface area contributed by atoms with Gasteiger partial charge in [-0.15, -0.1) is 11.0 Å². The first-order valence-corrected chi connectivity index (χ1v) is 11.1. The van der Waals surface area contributed by atoms with E-state index in [0.717, 1.165) is 5.56 Å². The van der Waals surface area contributed by atoms with Gasteiger partial charge >= 0.3 is 0 Å². The lowest BCUT2D eigenvalue weighted by atomic mass is 9.73. The molecule has 1 N–H and O–H groups in total. The number of amides is 2. The largest absolute Gasteiger partial charge is 0.309 e. The van der Waals surface area contributed by atoms with Crippen LogP contribution < -0.4 is 10.2 Å². The van der Waals surface area contributed by atoms with Crippen molar-refractivity contribution in [3.8, 4) is 11.8 Å². The van der Waals surface area contributed by atoms with Crippen LogP contribution in [0.15, 0.2) is 42.5 Å². The Morgan fingerprint density at radius 1 is 1.15 bits per heavy atom. The number of aromatic nitrogens is 3. The number of carbonyl (C=O) groups is 2. The zero-order valence-electron chi connectivity index (χ0n) is 17.9. The van der Waals surface area contributed by atoms with Crippen molar-refractivity contribution >= 4 is 46.5 Å². The summed E-state index contributed by atoms with van der Waals surface area (Å²) < 4.78 is 1.63. The number of fused-ring (bicyclic) bond motifs is 4. The van der Waals surface area contributed by atoms with Gasteiger partial charge in [0.1, 0.15) is 11.1 Å². The van der Waals surface area contributed by atoms with Gasteiger partial charge in [-0.25, -0.2) is 4.68 Å². The van der Waals surface area contributed by atoms with Gasteiger partial charge in [0.25, 0.3) is 0 Å². The Hall–Kier alpha value is -3.34. The molecule has 5 rings (SSSR count). The number of anilines is 2. The minimum absolute atomic E-state index is 0.0871. The summed E-state index contributed by atoms with van der Waals surface area (Å²) in [5, 5.41) is 12.8. The topological polar surface area (TPSA) is 80.1 Å². The van der Waals surface area contributed by atoms with E-state index in [1.54, 1.807) is 46.8 Å². The quantitative estimate of drug-likeness (QED) is 0.571. The Bertz CT molecular complexity index is 1360. The van der Waals surface area contributed by atoms with Crippen LogP contribution in [0.1, 0.15) is 43.1 Å². The van der Waals surface area contributed by atoms with Crippen molar-refractivity contribution in [2.45, 2.75) is 31.7 Å². The van der Waals surface area contributed by atoms with Crippen molar-refractivity contribution in [3.05, 3.63) is 69.3 Å². The normalized spacial score (nSPS) is 19.6. The third-order valence-electron chi connectivity index (χ3n) is 6.23. The first kappa shape index (κ1) is 21.5. The van der Waals surface area contributed by atoms with E-state index in [1.807, 2.05) is 19.1 Å². The molecule has 0 saturated heterocycles. The lowest BCUT2D eigenvalue weighted by molar-refractivity contribution is -0.126. The smallest absolute Gasteiger partial charge is 0.245 e. The van der Waals surface area contributed by atoms with Crippen LogP contribution in [0.3, 0.4) is 0 Å². The summed E-state index contributed by atoms with van der Waals surface area (Å²) in [4.78, 5) is 28.5. The SMILES string of the molecule is CC#CCN1C(=O)[C@]2(CC(=O)Nc3c2nnn3C(C)c2ccc(Cl)cc2)c2cc(Cl)ccc21. The Morgan fingerprint density at radius 3 is 2.61 bits per heavy atom. The van der Waals surface area contributed by atoms with Gasteiger partial charge < -0.3 is 5.32 Å². The van der Waals surface area contributed by atoms with Gasteiger partial charge in [0.2, 0.25) is 11.8 Å². The minimum Gasteiger partial charge on any atom is -0.309 e. The molecule has 7 nitrogen and oxygen atoms in total. The number of benzene rings is 2. The first-order chi connectivity index (χ1) is 15.9. The molecule has 3 heterocycles. The van der Waals surface area contributed by atoms with Crippen molar-refractivity contribution in [2.75, 3.05) is 16.8 Å². The maximum absolute atomic E-state index is 13.9. The molecule has 2 atom stereocenters. The van der Waals surface area contributed by atoms with Gasteiger partial charge in [-0.3, -0.25) is 14.5 Å². The molecule has 2 amide bonds. The van der Waals surface area contributed by atoms with Gasteiger partial charge in [0.05, 0.1) is 19.0 Å². The molecule has 0 radical (unpaired) electrons. The molecular weight excluding hydrogens is 461 g/mol. The molecule has 166 valence electrons. The average molecular weight is 480 g/mol. The van der Waals surface area contributed by atoms with Crippen LogP contribution in [0.2, 0.25) is 10.0 Å². The molecule has 9 heteroatoms. The van der Waals surface area contributed by atoms with Gasteiger partial charge in [-0.1, -0.05) is 46.5 Å². The molecule has 2 aliphatic heterocycles. The number of halogens is 2. The summed E-state index contributed by atoms with van der Waals surface area (Å²) in [6.45, 7) is 3.86. The lowest BCUT2D eigenvalue weighted by Crippen LogP contribution is -2.47. The molecule has 0 fully saturated rings. The highest BCUT2D eigenvalue weighted by Crippen LogP contribution is 2.52. The van der Waals surface area contributed by atoms with E-state index in [4.69, 9.17) is 23.2 Å². The van der Waals surface area contributed by atoms with Crippen molar-refractivity contribution in [2.24, 2.45) is 0 Å². The zero-order chi connectivity index (χ0) is 23.3. The van der Waals surface area contributed by atoms with E-state index < -0.39 is 5.41 Å². The highest BCUT2D eigenvalue weighted by Gasteiger charge is 2.58. The average Bonchev–Trinajstić information content (AvgIpc) is 3.31. The molecule has 2 aliphatic rings. The van der Waals surface area contributed by atoms with Crippen LogP contribution in [-0.4, -0.2) is 33.4 Å². The van der Waals surface area contributed by atoms with Gasteiger partial charge in [0.15, 0.2) is 5.82 Å². The molecule has 0 saturated carbocycles. The highest BCUT2D eigenvalue weighted by molar-refractivity contribution is 6.31. The number of hydrogen-bond donors (Lipinski definition) is 1. The maximum Gasteiger partial charge on any atom is 0.245 e. The molecule has 1 spiro atoms. The fraction of sp³-hybridized carbons (Fsp3) is 0.250. The molecule has 3 aromatic rings. The predicted molar refractivity (Wildman–Crippen MR) is 127 cm³/mol. The van der Waals surface area contributed by atoms with E-state index in [0.29, 0.717) is 32.8 Å². The van der Waals surface area contributed by atoms with Gasteiger partial charge in [-0.2, -0.15) is 0 Å². The monoisotopic (exact) mass is 479 g/mol. The van der Waals surface area contributed by atoms with Crippen molar-refractivity contribution in [1.82, 2.24) is 15.0 Å². The third kappa shape index (κ3) is 3.21. The van der Waals surface area contributed by atoms with E-state index in [9.17, 15) is 9.59 Å². The van der Waals surface area contributed by atoms with E-state index in [1.165, 1.54) is 0 Å². The van der Waals surface area contributed by atoms with Crippen molar-refractivity contribution < 1.29 is 9.59 Å². The van der Waals surface area contributed by atoms with Crippen LogP contribution in [0.25, 0.3) is 0 Å². The second-order valence-electron chi connectivity index (χ2n) is 8.07. The van der Waals surface area contributed by atoms with E-state index in [-0.39, 0.29) is 30.8 Å². The fourth-order valence-corrected chi connectivity index (χ4v) is 4.91.